The Morgan fingerprint density at radius 1 is 1.00 bits per heavy atom. The number of methoxy groups -OCH3 is 2. The number of amides is 1. The average molecular weight is 378 g/mol. The summed E-state index contributed by atoms with van der Waals surface area (Å²) in [5.74, 6) is 1.68. The van der Waals surface area contributed by atoms with Gasteiger partial charge < -0.3 is 20.1 Å². The molecule has 0 aliphatic carbocycles. The van der Waals surface area contributed by atoms with E-state index in [0.717, 1.165) is 17.7 Å². The number of hydrogen-bond donors (Lipinski definition) is 2. The Kier molecular flexibility index (Phi) is 6.41. The van der Waals surface area contributed by atoms with Crippen LogP contribution in [0, 0.1) is 0 Å². The van der Waals surface area contributed by atoms with Crippen molar-refractivity contribution in [1.82, 2.24) is 9.97 Å². The van der Waals surface area contributed by atoms with Gasteiger partial charge in [0, 0.05) is 6.54 Å². The summed E-state index contributed by atoms with van der Waals surface area (Å²) in [6.07, 6.45) is 3.80. The number of ether oxygens (including phenoxy) is 2. The van der Waals surface area contributed by atoms with Crippen LogP contribution in [-0.4, -0.2) is 36.6 Å². The van der Waals surface area contributed by atoms with Crippen molar-refractivity contribution in [1.29, 1.82) is 0 Å². The number of para-hydroxylation sites is 2. The molecular weight excluding hydrogens is 356 g/mol. The average Bonchev–Trinajstić information content (AvgIpc) is 2.74. The highest BCUT2D eigenvalue weighted by molar-refractivity contribution is 6.03. The Labute approximate surface area is 163 Å². The minimum absolute atomic E-state index is 0.226. The second kappa shape index (κ2) is 9.36. The first-order chi connectivity index (χ1) is 13.7. The molecule has 2 N–H and O–H groups in total. The van der Waals surface area contributed by atoms with E-state index < -0.39 is 0 Å². The van der Waals surface area contributed by atoms with Crippen molar-refractivity contribution in [3.05, 3.63) is 72.2 Å². The van der Waals surface area contributed by atoms with E-state index in [1.807, 2.05) is 36.4 Å². The van der Waals surface area contributed by atoms with Gasteiger partial charge in [-0.05, 0) is 36.2 Å². The molecule has 0 saturated heterocycles. The third-order valence-electron chi connectivity index (χ3n) is 4.09. The number of nitrogens with zero attached hydrogens (tertiary/aromatic N) is 2. The van der Waals surface area contributed by atoms with Crippen molar-refractivity contribution < 1.29 is 14.3 Å². The molecule has 0 aliphatic rings. The summed E-state index contributed by atoms with van der Waals surface area (Å²) in [4.78, 5) is 20.8. The Morgan fingerprint density at radius 2 is 1.86 bits per heavy atom. The van der Waals surface area contributed by atoms with E-state index in [2.05, 4.69) is 20.6 Å². The molecule has 0 aliphatic heterocycles. The molecule has 0 unspecified atom stereocenters. The van der Waals surface area contributed by atoms with E-state index in [1.165, 1.54) is 6.20 Å². The number of rotatable bonds is 8. The number of carbonyl (C=O) groups excluding carboxylic acids is 1. The maximum atomic E-state index is 12.4. The van der Waals surface area contributed by atoms with Gasteiger partial charge in [-0.25, -0.2) is 9.97 Å². The molecule has 28 heavy (non-hydrogen) atoms. The topological polar surface area (TPSA) is 85.4 Å². The summed E-state index contributed by atoms with van der Waals surface area (Å²) < 4.78 is 10.5. The first-order valence-electron chi connectivity index (χ1n) is 8.83. The van der Waals surface area contributed by atoms with E-state index in [9.17, 15) is 4.79 Å². The Morgan fingerprint density at radius 3 is 2.61 bits per heavy atom. The summed E-state index contributed by atoms with van der Waals surface area (Å²) in [7, 11) is 3.20. The number of hydrogen-bond acceptors (Lipinski definition) is 6. The van der Waals surface area contributed by atoms with Gasteiger partial charge in [-0.15, -0.1) is 0 Å². The van der Waals surface area contributed by atoms with Crippen LogP contribution in [0.4, 0.5) is 11.5 Å². The van der Waals surface area contributed by atoms with Crippen LogP contribution in [0.25, 0.3) is 0 Å². The molecule has 0 atom stereocenters. The number of nitrogens with one attached hydrogen (secondary N) is 2. The molecule has 7 nitrogen and oxygen atoms in total. The maximum absolute atomic E-state index is 12.4. The highest BCUT2D eigenvalue weighted by Gasteiger charge is 2.11. The number of benzene rings is 2. The molecule has 0 radical (unpaired) electrons. The smallest absolute Gasteiger partial charge is 0.275 e. The molecule has 1 amide bonds. The van der Waals surface area contributed by atoms with Crippen LogP contribution >= 0.6 is 0 Å². The summed E-state index contributed by atoms with van der Waals surface area (Å²) in [5.41, 5.74) is 1.97. The Balaban J connectivity index is 1.54. The number of anilines is 2. The first-order valence-corrected chi connectivity index (χ1v) is 8.83. The second-order valence-electron chi connectivity index (χ2n) is 5.97. The molecule has 0 bridgehead atoms. The molecule has 0 saturated carbocycles. The quantitative estimate of drug-likeness (QED) is 0.625. The minimum atomic E-state index is -0.347. The summed E-state index contributed by atoms with van der Waals surface area (Å²) in [5, 5.41) is 5.97. The maximum Gasteiger partial charge on any atom is 0.275 e. The number of aromatic nitrogens is 2. The Hall–Kier alpha value is -3.61. The van der Waals surface area contributed by atoms with Gasteiger partial charge in [-0.2, -0.15) is 0 Å². The normalized spacial score (nSPS) is 10.2. The van der Waals surface area contributed by atoms with Crippen LogP contribution in [0.15, 0.2) is 60.9 Å². The molecule has 3 aromatic rings. The highest BCUT2D eigenvalue weighted by Crippen LogP contribution is 2.23. The van der Waals surface area contributed by atoms with Crippen LogP contribution in [0.3, 0.4) is 0 Å². The zero-order valence-corrected chi connectivity index (χ0v) is 15.8. The molecule has 0 spiro atoms. The van der Waals surface area contributed by atoms with E-state index in [4.69, 9.17) is 9.47 Å². The lowest BCUT2D eigenvalue weighted by atomic mass is 10.1. The predicted octanol–water partition coefficient (Wildman–Crippen LogP) is 3.40. The van der Waals surface area contributed by atoms with Crippen LogP contribution in [0.2, 0.25) is 0 Å². The van der Waals surface area contributed by atoms with Crippen LogP contribution in [-0.2, 0) is 6.42 Å². The van der Waals surface area contributed by atoms with Crippen molar-refractivity contribution in [3.8, 4) is 11.5 Å². The lowest BCUT2D eigenvalue weighted by Crippen LogP contribution is -2.15. The standard InChI is InChI=1S/C21H22N4O3/c1-27-16-7-5-6-15(12-16)10-11-22-20-14-23-18(13-24-20)21(26)25-17-8-3-4-9-19(17)28-2/h3-9,12-14H,10-11H2,1-2H3,(H,22,24)(H,25,26). The van der Waals surface area contributed by atoms with Gasteiger partial charge in [0.2, 0.25) is 0 Å². The largest absolute Gasteiger partial charge is 0.497 e. The third-order valence-corrected chi connectivity index (χ3v) is 4.09. The fourth-order valence-corrected chi connectivity index (χ4v) is 2.63. The zero-order valence-electron chi connectivity index (χ0n) is 15.8. The van der Waals surface area contributed by atoms with Crippen LogP contribution < -0.4 is 20.1 Å². The van der Waals surface area contributed by atoms with Gasteiger partial charge in [0.15, 0.2) is 0 Å². The third kappa shape index (κ3) is 4.97. The molecule has 1 heterocycles. The van der Waals surface area contributed by atoms with Crippen molar-refractivity contribution in [2.45, 2.75) is 6.42 Å². The van der Waals surface area contributed by atoms with Crippen molar-refractivity contribution >= 4 is 17.4 Å². The first kappa shape index (κ1) is 19.2. The van der Waals surface area contributed by atoms with E-state index >= 15 is 0 Å². The molecule has 7 heteroatoms. The predicted molar refractivity (Wildman–Crippen MR) is 108 cm³/mol. The summed E-state index contributed by atoms with van der Waals surface area (Å²) in [6.45, 7) is 0.689. The van der Waals surface area contributed by atoms with Crippen molar-refractivity contribution in [2.24, 2.45) is 0 Å². The monoisotopic (exact) mass is 378 g/mol. The van der Waals surface area contributed by atoms with Gasteiger partial charge in [0.1, 0.15) is 23.0 Å². The van der Waals surface area contributed by atoms with Crippen LogP contribution in [0.5, 0.6) is 11.5 Å². The van der Waals surface area contributed by atoms with Gasteiger partial charge in [0.05, 0.1) is 32.3 Å². The lowest BCUT2D eigenvalue weighted by Gasteiger charge is -2.10. The molecule has 3 rings (SSSR count). The number of carbonyl (C=O) groups is 1. The van der Waals surface area contributed by atoms with Gasteiger partial charge in [0.25, 0.3) is 5.91 Å². The van der Waals surface area contributed by atoms with Crippen LogP contribution in [0.1, 0.15) is 16.1 Å². The van der Waals surface area contributed by atoms with Gasteiger partial charge in [-0.1, -0.05) is 24.3 Å². The van der Waals surface area contributed by atoms with Crippen molar-refractivity contribution in [2.75, 3.05) is 31.4 Å². The van der Waals surface area contributed by atoms with Gasteiger partial charge >= 0.3 is 0 Å². The lowest BCUT2D eigenvalue weighted by molar-refractivity contribution is 0.102. The molecule has 0 fully saturated rings. The molecular formula is C21H22N4O3. The summed E-state index contributed by atoms with van der Waals surface area (Å²) >= 11 is 0. The van der Waals surface area contributed by atoms with E-state index in [0.29, 0.717) is 23.8 Å². The van der Waals surface area contributed by atoms with Crippen molar-refractivity contribution in [3.63, 3.8) is 0 Å². The SMILES string of the molecule is COc1cccc(CCNc2cnc(C(=O)Nc3ccccc3OC)cn2)c1. The van der Waals surface area contributed by atoms with Gasteiger partial charge in [-0.3, -0.25) is 4.79 Å². The van der Waals surface area contributed by atoms with E-state index in [-0.39, 0.29) is 11.6 Å². The fraction of sp³-hybridized carbons (Fsp3) is 0.190. The Bertz CT molecular complexity index is 929. The molecule has 1 aromatic heterocycles. The zero-order chi connectivity index (χ0) is 19.8. The molecule has 144 valence electrons. The second-order valence-corrected chi connectivity index (χ2v) is 5.97. The fourth-order valence-electron chi connectivity index (χ4n) is 2.63. The van der Waals surface area contributed by atoms with E-state index in [1.54, 1.807) is 32.5 Å². The summed E-state index contributed by atoms with van der Waals surface area (Å²) in [6, 6.07) is 15.1. The molecule has 2 aromatic carbocycles. The highest BCUT2D eigenvalue weighted by atomic mass is 16.5. The minimum Gasteiger partial charge on any atom is -0.497 e.